The number of rotatable bonds is 5. The summed E-state index contributed by atoms with van der Waals surface area (Å²) in [6, 6.07) is 12.5. The first kappa shape index (κ1) is 18.0. The molecule has 3 nitrogen and oxygen atoms in total. The van der Waals surface area contributed by atoms with E-state index in [0.29, 0.717) is 16.3 Å². The molecule has 24 heavy (non-hydrogen) atoms. The Balaban J connectivity index is 2.30. The lowest BCUT2D eigenvalue weighted by Crippen LogP contribution is -2.19. The molecule has 0 heterocycles. The molecule has 0 aliphatic rings. The van der Waals surface area contributed by atoms with Crippen LogP contribution in [0.3, 0.4) is 0 Å². The summed E-state index contributed by atoms with van der Waals surface area (Å²) in [6.07, 6.45) is 3.68. The molecule has 1 atom stereocenters. The van der Waals surface area contributed by atoms with Gasteiger partial charge < -0.3 is 5.32 Å². The molecule has 1 amide bonds. The maximum atomic E-state index is 12.6. The fraction of sp³-hybridized carbons (Fsp3) is 0.200. The molecule has 4 heteroatoms. The molecule has 2 aromatic carbocycles. The molecular formula is C20H20ClNO2. The summed E-state index contributed by atoms with van der Waals surface area (Å²) in [5, 5.41) is 3.56. The minimum atomic E-state index is -0.332. The number of ketones is 1. The first-order valence-electron chi connectivity index (χ1n) is 7.77. The second-order valence-corrected chi connectivity index (χ2v) is 6.02. The molecular weight excluding hydrogens is 322 g/mol. The number of carbonyl (C=O) groups is 2. The summed E-state index contributed by atoms with van der Waals surface area (Å²) in [6.45, 7) is 5.23. The number of carbonyl (C=O) groups excluding carboxylic acids is 2. The van der Waals surface area contributed by atoms with Gasteiger partial charge in [-0.1, -0.05) is 48.0 Å². The Labute approximate surface area is 147 Å². The third-order valence-corrected chi connectivity index (χ3v) is 4.09. The summed E-state index contributed by atoms with van der Waals surface area (Å²) in [7, 11) is 0. The molecule has 0 bridgehead atoms. The van der Waals surface area contributed by atoms with E-state index >= 15 is 0 Å². The summed E-state index contributed by atoms with van der Waals surface area (Å²) < 4.78 is 0. The fourth-order valence-electron chi connectivity index (χ4n) is 2.47. The van der Waals surface area contributed by atoms with E-state index in [4.69, 9.17) is 11.6 Å². The predicted molar refractivity (Wildman–Crippen MR) is 99.7 cm³/mol. The van der Waals surface area contributed by atoms with Crippen molar-refractivity contribution in [1.82, 2.24) is 0 Å². The van der Waals surface area contributed by atoms with Gasteiger partial charge in [0, 0.05) is 21.8 Å². The highest BCUT2D eigenvalue weighted by Crippen LogP contribution is 2.25. The van der Waals surface area contributed by atoms with Gasteiger partial charge in [0.05, 0.1) is 5.92 Å². The maximum Gasteiger partial charge on any atom is 0.231 e. The summed E-state index contributed by atoms with van der Waals surface area (Å²) in [5.74, 6) is -0.504. The number of hydrogen-bond donors (Lipinski definition) is 1. The highest BCUT2D eigenvalue weighted by molar-refractivity contribution is 6.30. The fourth-order valence-corrected chi connectivity index (χ4v) is 2.60. The first-order chi connectivity index (χ1) is 11.4. The highest BCUT2D eigenvalue weighted by Gasteiger charge is 2.17. The maximum absolute atomic E-state index is 12.6. The number of Topliss-reactive ketones (excluding diaryl/α,β-unsaturated/α-hetero) is 1. The highest BCUT2D eigenvalue weighted by atomic mass is 35.5. The van der Waals surface area contributed by atoms with Gasteiger partial charge in [0.2, 0.25) is 5.91 Å². The summed E-state index contributed by atoms with van der Waals surface area (Å²) in [4.78, 5) is 24.4. The lowest BCUT2D eigenvalue weighted by atomic mass is 9.98. The monoisotopic (exact) mass is 341 g/mol. The lowest BCUT2D eigenvalue weighted by molar-refractivity contribution is -0.117. The van der Waals surface area contributed by atoms with Gasteiger partial charge in [-0.05, 0) is 44.5 Å². The molecule has 2 aromatic rings. The van der Waals surface area contributed by atoms with Crippen molar-refractivity contribution in [3.63, 3.8) is 0 Å². The molecule has 0 unspecified atom stereocenters. The van der Waals surface area contributed by atoms with Crippen LogP contribution in [0.2, 0.25) is 5.02 Å². The minimum absolute atomic E-state index is 0.0371. The van der Waals surface area contributed by atoms with Gasteiger partial charge in [-0.2, -0.15) is 0 Å². The Bertz CT molecular complexity index is 779. The Kier molecular flexibility index (Phi) is 5.93. The number of nitrogens with one attached hydrogen (secondary N) is 1. The van der Waals surface area contributed by atoms with E-state index < -0.39 is 0 Å². The number of benzene rings is 2. The van der Waals surface area contributed by atoms with E-state index in [9.17, 15) is 9.59 Å². The van der Waals surface area contributed by atoms with Crippen molar-refractivity contribution in [3.8, 4) is 0 Å². The first-order valence-corrected chi connectivity index (χ1v) is 8.14. The van der Waals surface area contributed by atoms with E-state index in [2.05, 4.69) is 5.32 Å². The van der Waals surface area contributed by atoms with Crippen LogP contribution in [0.5, 0.6) is 0 Å². The van der Waals surface area contributed by atoms with Crippen LogP contribution < -0.4 is 5.32 Å². The SMILES string of the molecule is C/C=C\c1c(NC(=O)[C@@H](C)c2ccc(Cl)cc2)cccc1C(C)=O. The molecule has 2 rings (SSSR count). The molecule has 0 aliphatic heterocycles. The topological polar surface area (TPSA) is 46.2 Å². The normalized spacial score (nSPS) is 12.2. The molecule has 0 aliphatic carbocycles. The second kappa shape index (κ2) is 7.93. The molecule has 1 N–H and O–H groups in total. The third-order valence-electron chi connectivity index (χ3n) is 3.84. The van der Waals surface area contributed by atoms with Crippen LogP contribution in [0.1, 0.15) is 48.2 Å². The Morgan fingerprint density at radius 1 is 1.12 bits per heavy atom. The largest absolute Gasteiger partial charge is 0.325 e. The molecule has 0 aromatic heterocycles. The van der Waals surface area contributed by atoms with Gasteiger partial charge in [0.1, 0.15) is 0 Å². The minimum Gasteiger partial charge on any atom is -0.325 e. The van der Waals surface area contributed by atoms with Crippen molar-refractivity contribution in [3.05, 3.63) is 70.3 Å². The van der Waals surface area contributed by atoms with Gasteiger partial charge in [-0.25, -0.2) is 0 Å². The van der Waals surface area contributed by atoms with Crippen LogP contribution >= 0.6 is 11.6 Å². The van der Waals surface area contributed by atoms with Crippen LogP contribution in [0.15, 0.2) is 48.5 Å². The van der Waals surface area contributed by atoms with Gasteiger partial charge in [-0.3, -0.25) is 9.59 Å². The predicted octanol–water partition coefficient (Wildman–Crippen LogP) is 5.32. The van der Waals surface area contributed by atoms with Crippen LogP contribution in [-0.4, -0.2) is 11.7 Å². The van der Waals surface area contributed by atoms with Crippen molar-refractivity contribution in [2.24, 2.45) is 0 Å². The molecule has 0 fully saturated rings. The van der Waals surface area contributed by atoms with Crippen molar-refractivity contribution in [2.75, 3.05) is 5.32 Å². The molecule has 0 spiro atoms. The van der Waals surface area contributed by atoms with Gasteiger partial charge in [0.25, 0.3) is 0 Å². The Hall–Kier alpha value is -2.39. The average molecular weight is 342 g/mol. The molecule has 0 saturated carbocycles. The number of hydrogen-bond acceptors (Lipinski definition) is 2. The zero-order valence-corrected chi connectivity index (χ0v) is 14.7. The van der Waals surface area contributed by atoms with Crippen LogP contribution in [0.25, 0.3) is 6.08 Å². The second-order valence-electron chi connectivity index (χ2n) is 5.59. The van der Waals surface area contributed by atoms with Crippen molar-refractivity contribution < 1.29 is 9.59 Å². The molecule has 0 radical (unpaired) electrons. The average Bonchev–Trinajstić information content (AvgIpc) is 2.56. The Morgan fingerprint density at radius 2 is 1.79 bits per heavy atom. The zero-order chi connectivity index (χ0) is 17.7. The quantitative estimate of drug-likeness (QED) is 0.748. The van der Waals surface area contributed by atoms with E-state index in [1.54, 1.807) is 30.3 Å². The number of amides is 1. The zero-order valence-electron chi connectivity index (χ0n) is 14.0. The van der Waals surface area contributed by atoms with Crippen molar-refractivity contribution >= 4 is 35.1 Å². The van der Waals surface area contributed by atoms with Crippen LogP contribution in [0.4, 0.5) is 5.69 Å². The number of allylic oxidation sites excluding steroid dienone is 1. The third kappa shape index (κ3) is 4.12. The van der Waals surface area contributed by atoms with Crippen molar-refractivity contribution in [1.29, 1.82) is 0 Å². The van der Waals surface area contributed by atoms with Crippen LogP contribution in [-0.2, 0) is 4.79 Å². The lowest BCUT2D eigenvalue weighted by Gasteiger charge is -2.16. The van der Waals surface area contributed by atoms with Gasteiger partial charge in [0.15, 0.2) is 5.78 Å². The molecule has 0 saturated heterocycles. The van der Waals surface area contributed by atoms with E-state index in [-0.39, 0.29) is 17.6 Å². The molecule has 124 valence electrons. The Morgan fingerprint density at radius 3 is 2.38 bits per heavy atom. The van der Waals surface area contributed by atoms with Gasteiger partial charge >= 0.3 is 0 Å². The number of halogens is 1. The van der Waals surface area contributed by atoms with E-state index in [0.717, 1.165) is 11.1 Å². The van der Waals surface area contributed by atoms with Gasteiger partial charge in [-0.15, -0.1) is 0 Å². The van der Waals surface area contributed by atoms with E-state index in [1.165, 1.54) is 6.92 Å². The smallest absolute Gasteiger partial charge is 0.231 e. The number of anilines is 1. The summed E-state index contributed by atoms with van der Waals surface area (Å²) >= 11 is 5.89. The van der Waals surface area contributed by atoms with Crippen molar-refractivity contribution in [2.45, 2.75) is 26.7 Å². The standard InChI is InChI=1S/C20H20ClNO2/c1-4-6-18-17(14(3)23)7-5-8-19(18)22-20(24)13(2)15-9-11-16(21)12-10-15/h4-13H,1-3H3,(H,22,24)/b6-4-/t13-/m0/s1. The van der Waals surface area contributed by atoms with E-state index in [1.807, 2.05) is 38.1 Å². The summed E-state index contributed by atoms with van der Waals surface area (Å²) in [5.41, 5.74) is 2.83. The van der Waals surface area contributed by atoms with Crippen LogP contribution in [0, 0.1) is 0 Å².